The number of benzene rings is 3. The molecule has 0 aliphatic heterocycles. The number of nitrogens with zero attached hydrogens (tertiary/aromatic N) is 1. The number of hydrogen-bond donors (Lipinski definition) is 1. The van der Waals surface area contributed by atoms with Crippen LogP contribution in [0.4, 0.5) is 0 Å². The van der Waals surface area contributed by atoms with Crippen molar-refractivity contribution in [1.29, 1.82) is 0 Å². The summed E-state index contributed by atoms with van der Waals surface area (Å²) in [4.78, 5) is 23.7. The summed E-state index contributed by atoms with van der Waals surface area (Å²) in [5, 5.41) is 6.96. The average Bonchev–Trinajstić information content (AvgIpc) is 3.24. The van der Waals surface area contributed by atoms with Gasteiger partial charge >= 0.3 is 11.9 Å². The number of hydrazone groups is 1. The van der Waals surface area contributed by atoms with Crippen LogP contribution in [0.1, 0.15) is 23.0 Å². The van der Waals surface area contributed by atoms with Gasteiger partial charge in [-0.25, -0.2) is 10.2 Å². The van der Waals surface area contributed by atoms with Gasteiger partial charge in [-0.05, 0) is 59.7 Å². The van der Waals surface area contributed by atoms with Crippen molar-refractivity contribution in [2.24, 2.45) is 5.10 Å². The van der Waals surface area contributed by atoms with E-state index < -0.39 is 11.9 Å². The SMILES string of the molecule is CCOC(=O)COc1ccc(/C=N\NC(=O)c2cc3c(ccc4ccccc43)o2)cc1. The number of fused-ring (bicyclic) bond motifs is 3. The van der Waals surface area contributed by atoms with Gasteiger partial charge in [-0.2, -0.15) is 5.10 Å². The van der Waals surface area contributed by atoms with Gasteiger partial charge in [0.25, 0.3) is 0 Å². The van der Waals surface area contributed by atoms with E-state index in [-0.39, 0.29) is 12.4 Å². The molecular formula is C24H20N2O5. The van der Waals surface area contributed by atoms with Crippen molar-refractivity contribution >= 4 is 39.8 Å². The Morgan fingerprint density at radius 3 is 2.65 bits per heavy atom. The van der Waals surface area contributed by atoms with Crippen LogP contribution >= 0.6 is 0 Å². The maximum atomic E-state index is 12.4. The van der Waals surface area contributed by atoms with Crippen molar-refractivity contribution in [3.8, 4) is 5.75 Å². The molecular weight excluding hydrogens is 396 g/mol. The summed E-state index contributed by atoms with van der Waals surface area (Å²) >= 11 is 0. The first-order valence-corrected chi connectivity index (χ1v) is 9.77. The van der Waals surface area contributed by atoms with Gasteiger partial charge in [0.1, 0.15) is 11.3 Å². The zero-order valence-corrected chi connectivity index (χ0v) is 16.8. The van der Waals surface area contributed by atoms with Gasteiger partial charge in [-0.15, -0.1) is 0 Å². The summed E-state index contributed by atoms with van der Waals surface area (Å²) in [5.74, 6) is -0.143. The zero-order valence-electron chi connectivity index (χ0n) is 16.8. The van der Waals surface area contributed by atoms with Crippen LogP contribution in [0, 0.1) is 0 Å². The number of hydrogen-bond acceptors (Lipinski definition) is 6. The third kappa shape index (κ3) is 4.72. The Bertz CT molecular complexity index is 1260. The molecule has 3 aromatic carbocycles. The predicted molar refractivity (Wildman–Crippen MR) is 117 cm³/mol. The van der Waals surface area contributed by atoms with Crippen LogP contribution < -0.4 is 10.2 Å². The summed E-state index contributed by atoms with van der Waals surface area (Å²) in [6, 6.07) is 20.4. The molecule has 0 unspecified atom stereocenters. The number of carbonyl (C=O) groups excluding carboxylic acids is 2. The minimum absolute atomic E-state index is 0.149. The van der Waals surface area contributed by atoms with E-state index in [2.05, 4.69) is 10.5 Å². The fraction of sp³-hybridized carbons (Fsp3) is 0.125. The van der Waals surface area contributed by atoms with Gasteiger partial charge in [-0.1, -0.05) is 30.3 Å². The van der Waals surface area contributed by atoms with Gasteiger partial charge in [0, 0.05) is 5.39 Å². The van der Waals surface area contributed by atoms with E-state index in [1.165, 1.54) is 6.21 Å². The Kier molecular flexibility index (Phi) is 5.93. The van der Waals surface area contributed by atoms with Crippen molar-refractivity contribution in [3.63, 3.8) is 0 Å². The fourth-order valence-corrected chi connectivity index (χ4v) is 3.12. The molecule has 0 atom stereocenters. The third-order valence-electron chi connectivity index (χ3n) is 4.57. The molecule has 1 amide bonds. The average molecular weight is 416 g/mol. The molecule has 156 valence electrons. The molecule has 0 fully saturated rings. The fourth-order valence-electron chi connectivity index (χ4n) is 3.12. The highest BCUT2D eigenvalue weighted by atomic mass is 16.6. The van der Waals surface area contributed by atoms with Crippen molar-refractivity contribution < 1.29 is 23.5 Å². The molecule has 0 spiro atoms. The largest absolute Gasteiger partial charge is 0.482 e. The molecule has 0 aliphatic carbocycles. The highest BCUT2D eigenvalue weighted by molar-refractivity contribution is 6.08. The van der Waals surface area contributed by atoms with Crippen molar-refractivity contribution in [2.75, 3.05) is 13.2 Å². The molecule has 1 N–H and O–H groups in total. The second kappa shape index (κ2) is 9.13. The Morgan fingerprint density at radius 2 is 1.84 bits per heavy atom. The number of amides is 1. The number of ether oxygens (including phenoxy) is 2. The Hall–Kier alpha value is -4.13. The molecule has 0 saturated carbocycles. The van der Waals surface area contributed by atoms with Crippen LogP contribution in [0.25, 0.3) is 21.7 Å². The Morgan fingerprint density at radius 1 is 1.03 bits per heavy atom. The maximum Gasteiger partial charge on any atom is 0.344 e. The first-order valence-electron chi connectivity index (χ1n) is 9.77. The minimum atomic E-state index is -0.439. The second-order valence-electron chi connectivity index (χ2n) is 6.67. The molecule has 1 aromatic heterocycles. The van der Waals surface area contributed by atoms with Gasteiger partial charge in [0.15, 0.2) is 12.4 Å². The summed E-state index contributed by atoms with van der Waals surface area (Å²) in [6.45, 7) is 1.90. The van der Waals surface area contributed by atoms with Crippen LogP contribution in [0.3, 0.4) is 0 Å². The smallest absolute Gasteiger partial charge is 0.344 e. The van der Waals surface area contributed by atoms with E-state index in [0.29, 0.717) is 17.9 Å². The molecule has 0 saturated heterocycles. The number of esters is 1. The number of carbonyl (C=O) groups is 2. The zero-order chi connectivity index (χ0) is 21.6. The molecule has 0 radical (unpaired) electrons. The van der Waals surface area contributed by atoms with Gasteiger partial charge in [-0.3, -0.25) is 4.79 Å². The topological polar surface area (TPSA) is 90.1 Å². The number of rotatable bonds is 7. The van der Waals surface area contributed by atoms with Gasteiger partial charge in [0.2, 0.25) is 0 Å². The van der Waals surface area contributed by atoms with E-state index in [4.69, 9.17) is 13.9 Å². The number of furan rings is 1. The lowest BCUT2D eigenvalue weighted by Gasteiger charge is -2.05. The van der Waals surface area contributed by atoms with E-state index in [0.717, 1.165) is 21.7 Å². The molecule has 1 heterocycles. The van der Waals surface area contributed by atoms with Gasteiger partial charge in [0.05, 0.1) is 12.8 Å². The van der Waals surface area contributed by atoms with Crippen LogP contribution in [0.15, 0.2) is 76.2 Å². The first kappa shape index (κ1) is 20.2. The minimum Gasteiger partial charge on any atom is -0.482 e. The summed E-state index contributed by atoms with van der Waals surface area (Å²) in [6.07, 6.45) is 1.51. The molecule has 7 heteroatoms. The van der Waals surface area contributed by atoms with Crippen LogP contribution in [-0.2, 0) is 9.53 Å². The van der Waals surface area contributed by atoms with Gasteiger partial charge < -0.3 is 13.9 Å². The highest BCUT2D eigenvalue weighted by Crippen LogP contribution is 2.28. The van der Waals surface area contributed by atoms with Crippen LogP contribution in [0.5, 0.6) is 5.75 Å². The van der Waals surface area contributed by atoms with E-state index in [1.807, 2.05) is 36.4 Å². The Balaban J connectivity index is 1.38. The normalized spacial score (nSPS) is 11.1. The molecule has 0 aliphatic rings. The van der Waals surface area contributed by atoms with Crippen LogP contribution in [0.2, 0.25) is 0 Å². The Labute approximate surface area is 178 Å². The standard InChI is InChI=1S/C24H20N2O5/c1-2-29-23(27)15-30-18-10-7-16(8-11-18)14-25-26-24(28)22-13-20-19-6-4-3-5-17(19)9-12-21(20)31-22/h3-14H,2,15H2,1H3,(H,26,28)/b25-14-. The molecule has 31 heavy (non-hydrogen) atoms. The monoisotopic (exact) mass is 416 g/mol. The van der Waals surface area contributed by atoms with Crippen molar-refractivity contribution in [2.45, 2.75) is 6.92 Å². The molecule has 4 aromatic rings. The summed E-state index contributed by atoms with van der Waals surface area (Å²) in [7, 11) is 0. The van der Waals surface area contributed by atoms with E-state index in [1.54, 1.807) is 37.3 Å². The molecule has 4 rings (SSSR count). The summed E-state index contributed by atoms with van der Waals surface area (Å²) < 4.78 is 15.8. The lowest BCUT2D eigenvalue weighted by atomic mass is 10.1. The van der Waals surface area contributed by atoms with Crippen molar-refractivity contribution in [3.05, 3.63) is 78.1 Å². The van der Waals surface area contributed by atoms with E-state index in [9.17, 15) is 9.59 Å². The highest BCUT2D eigenvalue weighted by Gasteiger charge is 2.13. The predicted octanol–water partition coefficient (Wildman–Crippen LogP) is 4.29. The second-order valence-corrected chi connectivity index (χ2v) is 6.67. The number of nitrogens with one attached hydrogen (secondary N) is 1. The quantitative estimate of drug-likeness (QED) is 0.276. The maximum absolute atomic E-state index is 12.4. The lowest BCUT2D eigenvalue weighted by Crippen LogP contribution is -2.16. The lowest BCUT2D eigenvalue weighted by molar-refractivity contribution is -0.145. The van der Waals surface area contributed by atoms with Crippen molar-refractivity contribution in [1.82, 2.24) is 5.43 Å². The van der Waals surface area contributed by atoms with E-state index >= 15 is 0 Å². The third-order valence-corrected chi connectivity index (χ3v) is 4.57. The molecule has 0 bridgehead atoms. The summed E-state index contributed by atoms with van der Waals surface area (Å²) in [5.41, 5.74) is 3.86. The first-order chi connectivity index (χ1) is 15.1. The molecule has 7 nitrogen and oxygen atoms in total. The van der Waals surface area contributed by atoms with Crippen LogP contribution in [-0.4, -0.2) is 31.3 Å².